The number of anilines is 1. The SMILES string of the molecule is COc1cc(C)ccc1NC(=O)c1ncn[nH]1. The van der Waals surface area contributed by atoms with E-state index in [0.717, 1.165) is 5.56 Å². The minimum Gasteiger partial charge on any atom is -0.495 e. The molecule has 2 N–H and O–H groups in total. The van der Waals surface area contributed by atoms with Crippen molar-refractivity contribution in [2.24, 2.45) is 0 Å². The summed E-state index contributed by atoms with van der Waals surface area (Å²) in [7, 11) is 1.55. The van der Waals surface area contributed by atoms with Crippen molar-refractivity contribution in [3.8, 4) is 5.75 Å². The molecule has 6 nitrogen and oxygen atoms in total. The Hall–Kier alpha value is -2.37. The van der Waals surface area contributed by atoms with Gasteiger partial charge in [-0.05, 0) is 24.6 Å². The molecule has 0 aliphatic heterocycles. The number of hydrogen-bond acceptors (Lipinski definition) is 4. The molecule has 0 saturated heterocycles. The van der Waals surface area contributed by atoms with Gasteiger partial charge in [-0.3, -0.25) is 9.89 Å². The molecule has 0 saturated carbocycles. The second-order valence-electron chi connectivity index (χ2n) is 3.49. The van der Waals surface area contributed by atoms with Crippen molar-refractivity contribution in [2.75, 3.05) is 12.4 Å². The van der Waals surface area contributed by atoms with Crippen LogP contribution in [-0.4, -0.2) is 28.2 Å². The molecule has 0 unspecified atom stereocenters. The number of aromatic nitrogens is 3. The Morgan fingerprint density at radius 2 is 2.29 bits per heavy atom. The van der Waals surface area contributed by atoms with Gasteiger partial charge in [-0.2, -0.15) is 5.10 Å². The van der Waals surface area contributed by atoms with Crippen molar-refractivity contribution in [1.82, 2.24) is 15.2 Å². The van der Waals surface area contributed by atoms with E-state index in [0.29, 0.717) is 11.4 Å². The minimum absolute atomic E-state index is 0.160. The van der Waals surface area contributed by atoms with Crippen LogP contribution in [0.15, 0.2) is 24.5 Å². The number of methoxy groups -OCH3 is 1. The lowest BCUT2D eigenvalue weighted by atomic mass is 10.2. The summed E-state index contributed by atoms with van der Waals surface area (Å²) in [5, 5.41) is 8.80. The Balaban J connectivity index is 2.21. The summed E-state index contributed by atoms with van der Waals surface area (Å²) in [6.07, 6.45) is 1.28. The number of aromatic amines is 1. The van der Waals surface area contributed by atoms with Crippen LogP contribution in [0.3, 0.4) is 0 Å². The van der Waals surface area contributed by atoms with Crippen LogP contribution < -0.4 is 10.1 Å². The zero-order chi connectivity index (χ0) is 12.3. The topological polar surface area (TPSA) is 79.9 Å². The molecule has 0 spiro atoms. The number of carbonyl (C=O) groups excluding carboxylic acids is 1. The predicted octanol–water partition coefficient (Wildman–Crippen LogP) is 1.37. The number of amides is 1. The van der Waals surface area contributed by atoms with Crippen molar-refractivity contribution in [3.05, 3.63) is 35.9 Å². The molecule has 2 aromatic rings. The van der Waals surface area contributed by atoms with Gasteiger partial charge in [0.1, 0.15) is 12.1 Å². The molecule has 88 valence electrons. The summed E-state index contributed by atoms with van der Waals surface area (Å²) < 4.78 is 5.18. The molecule has 0 fully saturated rings. The van der Waals surface area contributed by atoms with Gasteiger partial charge >= 0.3 is 0 Å². The fourth-order valence-electron chi connectivity index (χ4n) is 1.40. The molecule has 17 heavy (non-hydrogen) atoms. The Kier molecular flexibility index (Phi) is 3.04. The van der Waals surface area contributed by atoms with E-state index in [1.165, 1.54) is 6.33 Å². The van der Waals surface area contributed by atoms with Gasteiger partial charge in [-0.25, -0.2) is 4.98 Å². The van der Waals surface area contributed by atoms with Gasteiger partial charge in [0.05, 0.1) is 12.8 Å². The largest absolute Gasteiger partial charge is 0.495 e. The molecule has 1 aromatic carbocycles. The smallest absolute Gasteiger partial charge is 0.293 e. The van der Waals surface area contributed by atoms with Crippen LogP contribution in [0.1, 0.15) is 16.2 Å². The van der Waals surface area contributed by atoms with E-state index in [1.807, 2.05) is 19.1 Å². The maximum absolute atomic E-state index is 11.7. The van der Waals surface area contributed by atoms with Crippen LogP contribution in [0.2, 0.25) is 0 Å². The Bertz CT molecular complexity index is 522. The van der Waals surface area contributed by atoms with Gasteiger partial charge in [0.15, 0.2) is 0 Å². The quantitative estimate of drug-likeness (QED) is 0.837. The van der Waals surface area contributed by atoms with Gasteiger partial charge < -0.3 is 10.1 Å². The fourth-order valence-corrected chi connectivity index (χ4v) is 1.40. The van der Waals surface area contributed by atoms with Crippen LogP contribution in [0.25, 0.3) is 0 Å². The summed E-state index contributed by atoms with van der Waals surface area (Å²) in [5.74, 6) is 0.412. The molecule has 0 aliphatic carbocycles. The normalized spacial score (nSPS) is 10.0. The van der Waals surface area contributed by atoms with Crippen LogP contribution in [0.5, 0.6) is 5.75 Å². The average Bonchev–Trinajstić information content (AvgIpc) is 2.85. The monoisotopic (exact) mass is 232 g/mol. The van der Waals surface area contributed by atoms with E-state index in [9.17, 15) is 4.79 Å². The molecule has 2 rings (SSSR count). The number of nitrogens with one attached hydrogen (secondary N) is 2. The number of hydrogen-bond donors (Lipinski definition) is 2. The second-order valence-corrected chi connectivity index (χ2v) is 3.49. The summed E-state index contributed by atoms with van der Waals surface area (Å²) >= 11 is 0. The molecular weight excluding hydrogens is 220 g/mol. The van der Waals surface area contributed by atoms with Crippen LogP contribution in [-0.2, 0) is 0 Å². The standard InChI is InChI=1S/C11H12N4O2/c1-7-3-4-8(9(5-7)17-2)14-11(16)10-12-6-13-15-10/h3-6H,1-2H3,(H,14,16)(H,12,13,15). The van der Waals surface area contributed by atoms with Crippen molar-refractivity contribution < 1.29 is 9.53 Å². The van der Waals surface area contributed by atoms with Crippen molar-refractivity contribution >= 4 is 11.6 Å². The first-order chi connectivity index (χ1) is 8.20. The van der Waals surface area contributed by atoms with Gasteiger partial charge in [0, 0.05) is 0 Å². The third-order valence-electron chi connectivity index (χ3n) is 2.24. The highest BCUT2D eigenvalue weighted by Crippen LogP contribution is 2.25. The maximum atomic E-state index is 11.7. The lowest BCUT2D eigenvalue weighted by Crippen LogP contribution is -2.14. The highest BCUT2D eigenvalue weighted by molar-refractivity contribution is 6.02. The summed E-state index contributed by atoms with van der Waals surface area (Å²) in [6, 6.07) is 5.51. The number of aryl methyl sites for hydroxylation is 1. The zero-order valence-electron chi connectivity index (χ0n) is 9.52. The average molecular weight is 232 g/mol. The number of H-pyrrole nitrogens is 1. The highest BCUT2D eigenvalue weighted by Gasteiger charge is 2.11. The third-order valence-corrected chi connectivity index (χ3v) is 2.24. The lowest BCUT2D eigenvalue weighted by Gasteiger charge is -2.09. The van der Waals surface area contributed by atoms with Crippen molar-refractivity contribution in [1.29, 1.82) is 0 Å². The number of benzene rings is 1. The number of nitrogens with zero attached hydrogens (tertiary/aromatic N) is 2. The summed E-state index contributed by atoms with van der Waals surface area (Å²) in [6.45, 7) is 1.95. The molecule has 6 heteroatoms. The molecule has 1 heterocycles. The molecule has 0 aliphatic rings. The fraction of sp³-hybridized carbons (Fsp3) is 0.182. The first-order valence-electron chi connectivity index (χ1n) is 5.02. The Morgan fingerprint density at radius 1 is 1.47 bits per heavy atom. The highest BCUT2D eigenvalue weighted by atomic mass is 16.5. The van der Waals surface area contributed by atoms with E-state index in [-0.39, 0.29) is 11.7 Å². The van der Waals surface area contributed by atoms with E-state index in [1.54, 1.807) is 13.2 Å². The summed E-state index contributed by atoms with van der Waals surface area (Å²) in [5.41, 5.74) is 1.65. The third kappa shape index (κ3) is 2.41. The summed E-state index contributed by atoms with van der Waals surface area (Å²) in [4.78, 5) is 15.5. The number of carbonyl (C=O) groups is 1. The van der Waals surface area contributed by atoms with Crippen molar-refractivity contribution in [3.63, 3.8) is 0 Å². The second kappa shape index (κ2) is 4.65. The maximum Gasteiger partial charge on any atom is 0.293 e. The molecule has 0 atom stereocenters. The molecule has 0 bridgehead atoms. The van der Waals surface area contributed by atoms with E-state index < -0.39 is 0 Å². The number of ether oxygens (including phenoxy) is 1. The Morgan fingerprint density at radius 3 is 2.94 bits per heavy atom. The van der Waals surface area contributed by atoms with Gasteiger partial charge in [-0.1, -0.05) is 6.07 Å². The Labute approximate surface area is 98.0 Å². The molecular formula is C11H12N4O2. The molecule has 0 radical (unpaired) electrons. The van der Waals surface area contributed by atoms with Gasteiger partial charge in [-0.15, -0.1) is 0 Å². The van der Waals surface area contributed by atoms with E-state index in [4.69, 9.17) is 4.74 Å². The van der Waals surface area contributed by atoms with Gasteiger partial charge in [0.2, 0.25) is 5.82 Å². The van der Waals surface area contributed by atoms with Crippen LogP contribution in [0.4, 0.5) is 5.69 Å². The first kappa shape index (κ1) is 11.1. The zero-order valence-corrected chi connectivity index (χ0v) is 9.52. The first-order valence-corrected chi connectivity index (χ1v) is 5.02. The van der Waals surface area contributed by atoms with Crippen molar-refractivity contribution in [2.45, 2.75) is 6.92 Å². The minimum atomic E-state index is -0.357. The van der Waals surface area contributed by atoms with Crippen LogP contribution in [0, 0.1) is 6.92 Å². The van der Waals surface area contributed by atoms with Crippen LogP contribution >= 0.6 is 0 Å². The van der Waals surface area contributed by atoms with E-state index >= 15 is 0 Å². The lowest BCUT2D eigenvalue weighted by molar-refractivity contribution is 0.101. The molecule has 1 aromatic heterocycles. The predicted molar refractivity (Wildman–Crippen MR) is 62.1 cm³/mol. The molecule has 1 amide bonds. The van der Waals surface area contributed by atoms with E-state index in [2.05, 4.69) is 20.5 Å². The number of rotatable bonds is 3. The van der Waals surface area contributed by atoms with Gasteiger partial charge in [0.25, 0.3) is 5.91 Å².